The summed E-state index contributed by atoms with van der Waals surface area (Å²) in [4.78, 5) is 10.9. The number of ether oxygens (including phenoxy) is 1. The van der Waals surface area contributed by atoms with Gasteiger partial charge in [0.25, 0.3) is 0 Å². The molecule has 0 atom stereocenters. The van der Waals surface area contributed by atoms with Gasteiger partial charge in [-0.25, -0.2) is 0 Å². The van der Waals surface area contributed by atoms with Crippen molar-refractivity contribution in [2.24, 2.45) is 5.41 Å². The number of carbonyl (C=O) groups is 1. The Morgan fingerprint density at radius 3 is 2.81 bits per heavy atom. The van der Waals surface area contributed by atoms with Gasteiger partial charge in [-0.2, -0.15) is 0 Å². The lowest BCUT2D eigenvalue weighted by Gasteiger charge is -2.10. The van der Waals surface area contributed by atoms with E-state index in [2.05, 4.69) is 0 Å². The number of carboxylic acids is 1. The number of halogens is 1. The highest BCUT2D eigenvalue weighted by Gasteiger charge is 2.50. The average Bonchev–Trinajstić information content (AvgIpc) is 2.99. The molecule has 0 bridgehead atoms. The quantitative estimate of drug-likeness (QED) is 0.861. The normalized spacial score (nSPS) is 17.1. The molecule has 1 aliphatic carbocycles. The molecule has 0 aliphatic heterocycles. The Morgan fingerprint density at radius 1 is 1.50 bits per heavy atom. The van der Waals surface area contributed by atoms with Crippen LogP contribution in [0.1, 0.15) is 18.4 Å². The van der Waals surface area contributed by atoms with E-state index >= 15 is 0 Å². The lowest BCUT2D eigenvalue weighted by molar-refractivity contribution is -0.146. The van der Waals surface area contributed by atoms with Gasteiger partial charge in [0.1, 0.15) is 0 Å². The monoisotopic (exact) mass is 240 g/mol. The molecule has 0 saturated heterocycles. The summed E-state index contributed by atoms with van der Waals surface area (Å²) in [5, 5.41) is 9.61. The molecule has 2 rings (SSSR count). The zero-order valence-corrected chi connectivity index (χ0v) is 9.54. The van der Waals surface area contributed by atoms with Gasteiger partial charge < -0.3 is 9.84 Å². The van der Waals surface area contributed by atoms with Crippen molar-refractivity contribution in [3.8, 4) is 0 Å². The number of hydrogen-bond donors (Lipinski definition) is 1. The summed E-state index contributed by atoms with van der Waals surface area (Å²) in [6.07, 6.45) is 1.44. The SMILES string of the molecule is O=C(O)C1(COCc2cccc(Cl)c2)CC1. The summed E-state index contributed by atoms with van der Waals surface area (Å²) < 4.78 is 5.42. The Kier molecular flexibility index (Phi) is 3.17. The molecular weight excluding hydrogens is 228 g/mol. The minimum absolute atomic E-state index is 0.287. The molecule has 0 spiro atoms. The van der Waals surface area contributed by atoms with E-state index in [4.69, 9.17) is 21.4 Å². The molecule has 16 heavy (non-hydrogen) atoms. The third-order valence-electron chi connectivity index (χ3n) is 2.84. The van der Waals surface area contributed by atoms with Crippen molar-refractivity contribution >= 4 is 17.6 Å². The topological polar surface area (TPSA) is 46.5 Å². The largest absolute Gasteiger partial charge is 0.481 e. The fraction of sp³-hybridized carbons (Fsp3) is 0.417. The van der Waals surface area contributed by atoms with Crippen LogP contribution in [0.2, 0.25) is 5.02 Å². The minimum Gasteiger partial charge on any atom is -0.481 e. The van der Waals surface area contributed by atoms with Crippen LogP contribution in [0.5, 0.6) is 0 Å². The van der Waals surface area contributed by atoms with Crippen molar-refractivity contribution < 1.29 is 14.6 Å². The molecule has 1 aromatic carbocycles. The van der Waals surface area contributed by atoms with Gasteiger partial charge in [-0.15, -0.1) is 0 Å². The van der Waals surface area contributed by atoms with Crippen molar-refractivity contribution in [2.45, 2.75) is 19.4 Å². The van der Waals surface area contributed by atoms with Crippen LogP contribution in [-0.4, -0.2) is 17.7 Å². The van der Waals surface area contributed by atoms with Crippen molar-refractivity contribution in [3.05, 3.63) is 34.9 Å². The van der Waals surface area contributed by atoms with Crippen molar-refractivity contribution in [1.82, 2.24) is 0 Å². The highest BCUT2D eigenvalue weighted by atomic mass is 35.5. The first-order valence-corrected chi connectivity index (χ1v) is 5.56. The maximum Gasteiger partial charge on any atom is 0.311 e. The maximum absolute atomic E-state index is 10.9. The standard InChI is InChI=1S/C12H13ClO3/c13-10-3-1-2-9(6-10)7-16-8-12(4-5-12)11(14)15/h1-3,6H,4-5,7-8H2,(H,14,15). The average molecular weight is 241 g/mol. The molecule has 0 radical (unpaired) electrons. The summed E-state index contributed by atoms with van der Waals surface area (Å²) in [5.74, 6) is -0.751. The Labute approximate surface area is 99.0 Å². The smallest absolute Gasteiger partial charge is 0.311 e. The van der Waals surface area contributed by atoms with Crippen molar-refractivity contribution in [2.75, 3.05) is 6.61 Å². The van der Waals surface area contributed by atoms with Crippen LogP contribution >= 0.6 is 11.6 Å². The lowest BCUT2D eigenvalue weighted by atomic mass is 10.1. The molecule has 1 fully saturated rings. The predicted molar refractivity (Wildman–Crippen MR) is 60.4 cm³/mol. The molecule has 1 saturated carbocycles. The molecule has 1 aromatic rings. The maximum atomic E-state index is 10.9. The van der Waals surface area contributed by atoms with Gasteiger partial charge in [-0.3, -0.25) is 4.79 Å². The molecule has 3 nitrogen and oxygen atoms in total. The number of carboxylic acid groups (broad SMARTS) is 1. The van der Waals surface area contributed by atoms with Crippen LogP contribution in [0.25, 0.3) is 0 Å². The van der Waals surface area contributed by atoms with Crippen LogP contribution in [0.3, 0.4) is 0 Å². The fourth-order valence-electron chi connectivity index (χ4n) is 1.56. The highest BCUT2D eigenvalue weighted by Crippen LogP contribution is 2.46. The van der Waals surface area contributed by atoms with E-state index in [1.54, 1.807) is 6.07 Å². The first kappa shape index (κ1) is 11.4. The number of benzene rings is 1. The van der Waals surface area contributed by atoms with Gasteiger partial charge >= 0.3 is 5.97 Å². The molecule has 86 valence electrons. The van der Waals surface area contributed by atoms with E-state index < -0.39 is 11.4 Å². The summed E-state index contributed by atoms with van der Waals surface area (Å²) in [6, 6.07) is 7.38. The molecule has 1 N–H and O–H groups in total. The fourth-order valence-corrected chi connectivity index (χ4v) is 1.77. The molecule has 1 aliphatic rings. The summed E-state index contributed by atoms with van der Waals surface area (Å²) in [6.45, 7) is 0.699. The molecule has 0 aromatic heterocycles. The second kappa shape index (κ2) is 4.44. The number of hydrogen-bond acceptors (Lipinski definition) is 2. The van der Waals surface area contributed by atoms with Crippen LogP contribution in [0.15, 0.2) is 24.3 Å². The first-order chi connectivity index (χ1) is 7.62. The van der Waals surface area contributed by atoms with Crippen LogP contribution < -0.4 is 0 Å². The van der Waals surface area contributed by atoms with Gasteiger partial charge in [0.15, 0.2) is 0 Å². The van der Waals surface area contributed by atoms with E-state index in [1.165, 1.54) is 0 Å². The van der Waals surface area contributed by atoms with Gasteiger partial charge in [0.05, 0.1) is 18.6 Å². The number of rotatable bonds is 5. The second-order valence-corrected chi connectivity index (χ2v) is 4.64. The van der Waals surface area contributed by atoms with Gasteiger partial charge in [-0.05, 0) is 30.5 Å². The Balaban J connectivity index is 1.83. The van der Waals surface area contributed by atoms with Crippen LogP contribution in [0, 0.1) is 5.41 Å². The minimum atomic E-state index is -0.751. The van der Waals surface area contributed by atoms with Gasteiger partial charge in [0.2, 0.25) is 0 Å². The first-order valence-electron chi connectivity index (χ1n) is 5.18. The second-order valence-electron chi connectivity index (χ2n) is 4.21. The number of aliphatic carboxylic acids is 1. The summed E-state index contributed by atoms with van der Waals surface area (Å²) in [5.41, 5.74) is 0.354. The zero-order valence-electron chi connectivity index (χ0n) is 8.78. The van der Waals surface area contributed by atoms with Crippen LogP contribution in [-0.2, 0) is 16.1 Å². The third kappa shape index (κ3) is 2.54. The Morgan fingerprint density at radius 2 is 2.25 bits per heavy atom. The van der Waals surface area contributed by atoms with Crippen LogP contribution in [0.4, 0.5) is 0 Å². The Hall–Kier alpha value is -1.06. The predicted octanol–water partition coefficient (Wildman–Crippen LogP) is 2.72. The van der Waals surface area contributed by atoms with Crippen molar-refractivity contribution in [3.63, 3.8) is 0 Å². The van der Waals surface area contributed by atoms with E-state index in [1.807, 2.05) is 18.2 Å². The highest BCUT2D eigenvalue weighted by molar-refractivity contribution is 6.30. The van der Waals surface area contributed by atoms with E-state index in [-0.39, 0.29) is 6.61 Å². The molecular formula is C12H13ClO3. The summed E-state index contributed by atoms with van der Waals surface area (Å²) in [7, 11) is 0. The van der Waals surface area contributed by atoms with E-state index in [0.29, 0.717) is 11.6 Å². The summed E-state index contributed by atoms with van der Waals surface area (Å²) >= 11 is 5.83. The molecule has 0 heterocycles. The third-order valence-corrected chi connectivity index (χ3v) is 3.08. The van der Waals surface area contributed by atoms with E-state index in [9.17, 15) is 4.79 Å². The van der Waals surface area contributed by atoms with Gasteiger partial charge in [0, 0.05) is 5.02 Å². The van der Waals surface area contributed by atoms with Gasteiger partial charge in [-0.1, -0.05) is 23.7 Å². The van der Waals surface area contributed by atoms with Crippen molar-refractivity contribution in [1.29, 1.82) is 0 Å². The molecule has 4 heteroatoms. The molecule has 0 amide bonds. The zero-order chi connectivity index (χ0) is 11.6. The lowest BCUT2D eigenvalue weighted by Crippen LogP contribution is -2.21. The Bertz CT molecular complexity index is 399. The molecule has 0 unspecified atom stereocenters. The van der Waals surface area contributed by atoms with E-state index in [0.717, 1.165) is 18.4 Å².